The van der Waals surface area contributed by atoms with Crippen LogP contribution in [0.2, 0.25) is 0 Å². The Kier molecular flexibility index (Phi) is 3.44. The zero-order valence-electron chi connectivity index (χ0n) is 8.24. The minimum absolute atomic E-state index is 0.386. The second-order valence-electron chi connectivity index (χ2n) is 3.04. The lowest BCUT2D eigenvalue weighted by atomic mass is 10.3. The summed E-state index contributed by atoms with van der Waals surface area (Å²) < 4.78 is 50.3. The molecule has 86 valence electrons. The van der Waals surface area contributed by atoms with Crippen molar-refractivity contribution in [2.24, 2.45) is 0 Å². The Balaban J connectivity index is 3.03. The van der Waals surface area contributed by atoms with E-state index in [-0.39, 0.29) is 5.69 Å². The molecule has 0 saturated heterocycles. The van der Waals surface area contributed by atoms with Crippen molar-refractivity contribution in [1.82, 2.24) is 0 Å². The van der Waals surface area contributed by atoms with Gasteiger partial charge in [-0.05, 0) is 19.1 Å². The molecule has 1 rings (SSSR count). The van der Waals surface area contributed by atoms with E-state index in [0.717, 1.165) is 19.1 Å². The van der Waals surface area contributed by atoms with E-state index in [1.807, 2.05) is 4.72 Å². The molecule has 0 fully saturated rings. The molecule has 1 unspecified atom stereocenters. The summed E-state index contributed by atoms with van der Waals surface area (Å²) in [7, 11) is -3.97. The first-order valence-electron chi connectivity index (χ1n) is 4.23. The summed E-state index contributed by atoms with van der Waals surface area (Å²) in [5.74, 6) is -1.84. The van der Waals surface area contributed by atoms with Crippen LogP contribution in [0.3, 0.4) is 0 Å². The van der Waals surface area contributed by atoms with Gasteiger partial charge in [0.1, 0.15) is 11.6 Å². The summed E-state index contributed by atoms with van der Waals surface area (Å²) in [6.07, 6.45) is 0. The first-order valence-corrected chi connectivity index (χ1v) is 5.78. The van der Waals surface area contributed by atoms with Crippen LogP contribution in [0.4, 0.5) is 14.5 Å². The molecule has 7 heteroatoms. The molecule has 1 aromatic rings. The number of hydrogen-bond acceptors (Lipinski definition) is 3. The summed E-state index contributed by atoms with van der Waals surface area (Å²) in [6, 6.07) is 3.93. The predicted octanol–water partition coefficient (Wildman–Crippen LogP) is 1.62. The molecule has 4 nitrogen and oxygen atoms in total. The van der Waals surface area contributed by atoms with Gasteiger partial charge in [0, 0.05) is 6.07 Å². The zero-order valence-corrected chi connectivity index (χ0v) is 9.05. The number of benzene rings is 1. The maximum Gasteiger partial charge on any atom is 0.248 e. The van der Waals surface area contributed by atoms with Crippen LogP contribution in [0, 0.1) is 23.0 Å². The molecule has 0 aliphatic carbocycles. The van der Waals surface area contributed by atoms with Crippen molar-refractivity contribution in [3.05, 3.63) is 29.8 Å². The highest BCUT2D eigenvalue weighted by molar-refractivity contribution is 7.93. The summed E-state index contributed by atoms with van der Waals surface area (Å²) in [6.45, 7) is 1.16. The standard InChI is InChI=1S/C9H8F2N2O2S/c1-6(5-12)16(14,15)13-9-3-2-7(10)4-8(9)11/h2-4,6,13H,1H3. The van der Waals surface area contributed by atoms with Gasteiger partial charge in [-0.2, -0.15) is 5.26 Å². The summed E-state index contributed by atoms with van der Waals surface area (Å²) in [5.41, 5.74) is -0.386. The average molecular weight is 246 g/mol. The normalized spacial score (nSPS) is 12.9. The summed E-state index contributed by atoms with van der Waals surface area (Å²) in [4.78, 5) is 0. The lowest BCUT2D eigenvalue weighted by molar-refractivity contribution is 0.582. The molecule has 0 heterocycles. The van der Waals surface area contributed by atoms with Gasteiger partial charge in [0.15, 0.2) is 5.25 Å². The van der Waals surface area contributed by atoms with Crippen molar-refractivity contribution < 1.29 is 17.2 Å². The highest BCUT2D eigenvalue weighted by Gasteiger charge is 2.21. The number of rotatable bonds is 3. The zero-order chi connectivity index (χ0) is 12.3. The van der Waals surface area contributed by atoms with E-state index in [1.165, 1.54) is 6.07 Å². The minimum Gasteiger partial charge on any atom is -0.279 e. The van der Waals surface area contributed by atoms with E-state index in [2.05, 4.69) is 0 Å². The number of anilines is 1. The topological polar surface area (TPSA) is 70.0 Å². The van der Waals surface area contributed by atoms with E-state index < -0.39 is 26.9 Å². The molecule has 0 amide bonds. The molecule has 1 aromatic carbocycles. The van der Waals surface area contributed by atoms with Crippen LogP contribution >= 0.6 is 0 Å². The van der Waals surface area contributed by atoms with E-state index in [9.17, 15) is 17.2 Å². The van der Waals surface area contributed by atoms with Crippen molar-refractivity contribution >= 4 is 15.7 Å². The largest absolute Gasteiger partial charge is 0.279 e. The van der Waals surface area contributed by atoms with E-state index in [1.54, 1.807) is 0 Å². The van der Waals surface area contributed by atoms with Crippen LogP contribution in [0.15, 0.2) is 18.2 Å². The predicted molar refractivity (Wildman–Crippen MR) is 54.0 cm³/mol. The quantitative estimate of drug-likeness (QED) is 0.880. The smallest absolute Gasteiger partial charge is 0.248 e. The van der Waals surface area contributed by atoms with Gasteiger partial charge in [0.25, 0.3) is 0 Å². The lowest BCUT2D eigenvalue weighted by Crippen LogP contribution is -2.24. The van der Waals surface area contributed by atoms with Crippen LogP contribution in [0.25, 0.3) is 0 Å². The van der Waals surface area contributed by atoms with Crippen molar-refractivity contribution in [2.45, 2.75) is 12.2 Å². The Hall–Kier alpha value is -1.68. The van der Waals surface area contributed by atoms with Crippen molar-refractivity contribution in [1.29, 1.82) is 5.26 Å². The second kappa shape index (κ2) is 4.45. The van der Waals surface area contributed by atoms with Gasteiger partial charge in [-0.1, -0.05) is 0 Å². The Bertz CT molecular complexity index is 537. The third-order valence-corrected chi connectivity index (χ3v) is 3.37. The van der Waals surface area contributed by atoms with Gasteiger partial charge in [-0.15, -0.1) is 0 Å². The Morgan fingerprint density at radius 1 is 1.44 bits per heavy atom. The monoisotopic (exact) mass is 246 g/mol. The van der Waals surface area contributed by atoms with Crippen molar-refractivity contribution in [2.75, 3.05) is 4.72 Å². The molecule has 1 N–H and O–H groups in total. The van der Waals surface area contributed by atoms with Gasteiger partial charge in [-0.25, -0.2) is 17.2 Å². The van der Waals surface area contributed by atoms with Crippen LogP contribution in [-0.4, -0.2) is 13.7 Å². The van der Waals surface area contributed by atoms with Gasteiger partial charge in [-0.3, -0.25) is 4.72 Å². The van der Waals surface area contributed by atoms with E-state index >= 15 is 0 Å². The highest BCUT2D eigenvalue weighted by Crippen LogP contribution is 2.17. The minimum atomic E-state index is -3.97. The van der Waals surface area contributed by atoms with Gasteiger partial charge in [0.2, 0.25) is 10.0 Å². The molecular weight excluding hydrogens is 238 g/mol. The molecule has 0 saturated carbocycles. The second-order valence-corrected chi connectivity index (χ2v) is 5.04. The Morgan fingerprint density at radius 3 is 2.56 bits per heavy atom. The molecule has 0 aliphatic heterocycles. The van der Waals surface area contributed by atoms with Gasteiger partial charge < -0.3 is 0 Å². The molecule has 1 atom stereocenters. The van der Waals surface area contributed by atoms with Gasteiger partial charge in [0.05, 0.1) is 11.8 Å². The summed E-state index contributed by atoms with van der Waals surface area (Å²) >= 11 is 0. The van der Waals surface area contributed by atoms with Crippen LogP contribution in [-0.2, 0) is 10.0 Å². The maximum absolute atomic E-state index is 13.1. The van der Waals surface area contributed by atoms with Crippen molar-refractivity contribution in [3.8, 4) is 6.07 Å². The van der Waals surface area contributed by atoms with Crippen molar-refractivity contribution in [3.63, 3.8) is 0 Å². The molecule has 0 aliphatic rings. The van der Waals surface area contributed by atoms with Crippen LogP contribution in [0.1, 0.15) is 6.92 Å². The third kappa shape index (κ3) is 2.67. The number of sulfonamides is 1. The molecule has 0 spiro atoms. The molecule has 16 heavy (non-hydrogen) atoms. The van der Waals surface area contributed by atoms with Crippen LogP contribution < -0.4 is 4.72 Å². The van der Waals surface area contributed by atoms with E-state index in [4.69, 9.17) is 5.26 Å². The first-order chi connectivity index (χ1) is 7.36. The number of nitrogens with zero attached hydrogens (tertiary/aromatic N) is 1. The fraction of sp³-hybridized carbons (Fsp3) is 0.222. The van der Waals surface area contributed by atoms with Gasteiger partial charge >= 0.3 is 0 Å². The maximum atomic E-state index is 13.1. The SMILES string of the molecule is CC(C#N)S(=O)(=O)Nc1ccc(F)cc1F. The number of hydrogen-bond donors (Lipinski definition) is 1. The first kappa shape index (κ1) is 12.4. The fourth-order valence-corrected chi connectivity index (χ4v) is 1.67. The van der Waals surface area contributed by atoms with E-state index in [0.29, 0.717) is 6.07 Å². The fourth-order valence-electron chi connectivity index (χ4n) is 0.883. The average Bonchev–Trinajstić information content (AvgIpc) is 2.21. The molecule has 0 bridgehead atoms. The molecular formula is C9H8F2N2O2S. The highest BCUT2D eigenvalue weighted by atomic mass is 32.2. The Morgan fingerprint density at radius 2 is 2.06 bits per heavy atom. The summed E-state index contributed by atoms with van der Waals surface area (Å²) in [5, 5.41) is 7.12. The molecule has 0 radical (unpaired) electrons. The third-order valence-electron chi connectivity index (χ3n) is 1.83. The lowest BCUT2D eigenvalue weighted by Gasteiger charge is -2.09. The van der Waals surface area contributed by atoms with Crippen LogP contribution in [0.5, 0.6) is 0 Å². The molecule has 0 aromatic heterocycles. The number of nitriles is 1. The number of nitrogens with one attached hydrogen (secondary N) is 1. The Labute approximate surface area is 91.6 Å². The number of halogens is 2.